The lowest BCUT2D eigenvalue weighted by Crippen LogP contribution is -2.32. The van der Waals surface area contributed by atoms with E-state index in [0.717, 1.165) is 30.4 Å². The molecule has 2 aliphatic heterocycles. The molecule has 10 amide bonds. The molecule has 4 aromatic rings. The topological polar surface area (TPSA) is 433 Å². The number of aliphatic hydroxyl groups is 2. The maximum Gasteiger partial charge on any atom is 0.534 e. The number of unbranched alkanes of at least 4 members (excludes halogenated alkanes) is 2. The second-order valence-electron chi connectivity index (χ2n) is 26.0. The number of ether oxygens (including phenoxy) is 8. The Hall–Kier alpha value is -10.6. The smallest absolute Gasteiger partial charge is 0.494 e. The molecule has 2 fully saturated rings. The Morgan fingerprint density at radius 3 is 1.37 bits per heavy atom. The standard InChI is InChI=1S/C40H53N5O13.C38H47N3O12/c1-54-20-6-22-56-24-18-42-34(48)8-5-10-36(50)44-28-12-14-30-29-13-11-27(43-35(49)9-4-7-33(47)41-17-23-55-21-3-2-19-46)25-31(29)39(32(30)26-28)57-40(53)58-45-37(51)15-16-38(45)52;1-25(23-49-2)51-21-17-39-33(44)11-6-12-34(45)40-26-13-14-28-30(22-26)31(24-52-38(48)53-41-35(46)15-16-36(41)47)27-8-5-9-29(37(27)28)32(43)10-7-20-50-19-4-3-18-42/h11-14,25-26,39,46H,2-10,15-24H2,1H3,(H,41,47)(H,42,48)(H,43,49)(H,44,50);5,8-9,13-14,22,31,42H,1,3-4,6-7,10-12,15-21,23-24H2,2H3,(H,39,44)(H,40,45). The van der Waals surface area contributed by atoms with Crippen LogP contribution in [-0.4, -0.2) is 211 Å². The van der Waals surface area contributed by atoms with Crippen LogP contribution in [-0.2, 0) is 95.5 Å². The van der Waals surface area contributed by atoms with Crippen molar-refractivity contribution in [1.82, 2.24) is 26.1 Å². The number of rotatable bonds is 49. The number of nitrogens with zero attached hydrogens (tertiary/aromatic N) is 2. The summed E-state index contributed by atoms with van der Waals surface area (Å²) in [7, 11) is 3.14. The zero-order valence-electron chi connectivity index (χ0n) is 62.7. The quantitative estimate of drug-likeness (QED) is 0.00700. The number of benzene rings is 4. The molecule has 0 saturated carbocycles. The lowest BCUT2D eigenvalue weighted by molar-refractivity contribution is -0.178. The molecule has 33 nitrogen and oxygen atoms in total. The van der Waals surface area contributed by atoms with Crippen LogP contribution in [0.1, 0.15) is 173 Å². The Balaban J connectivity index is 0.000000310. The lowest BCUT2D eigenvalue weighted by Gasteiger charge is -2.18. The molecule has 602 valence electrons. The van der Waals surface area contributed by atoms with E-state index in [0.29, 0.717) is 170 Å². The van der Waals surface area contributed by atoms with Gasteiger partial charge < -0.3 is 80.0 Å². The van der Waals surface area contributed by atoms with Crippen molar-refractivity contribution in [3.05, 3.63) is 113 Å². The highest BCUT2D eigenvalue weighted by molar-refractivity contribution is 6.06. The average molecular weight is 1550 g/mol. The number of Topliss-reactive ketones (excluding diaryl/α,β-unsaturated/α-hetero) is 1. The number of hydrogen-bond acceptors (Lipinski definition) is 25. The number of carbonyl (C=O) groups excluding carboxylic acids is 13. The number of amides is 10. The van der Waals surface area contributed by atoms with Crippen molar-refractivity contribution in [2.75, 3.05) is 129 Å². The number of ketones is 1. The molecule has 111 heavy (non-hydrogen) atoms. The highest BCUT2D eigenvalue weighted by Crippen LogP contribution is 2.49. The van der Waals surface area contributed by atoms with Crippen LogP contribution >= 0.6 is 0 Å². The molecule has 2 aliphatic carbocycles. The van der Waals surface area contributed by atoms with E-state index < -0.39 is 48.0 Å². The third kappa shape index (κ3) is 29.0. The van der Waals surface area contributed by atoms with Gasteiger partial charge in [-0.2, -0.15) is 0 Å². The minimum absolute atomic E-state index is 0.0604. The average Bonchev–Trinajstić information content (AvgIpc) is 1.61. The number of methoxy groups -OCH3 is 2. The van der Waals surface area contributed by atoms with Crippen LogP contribution in [0.2, 0.25) is 0 Å². The van der Waals surface area contributed by atoms with Gasteiger partial charge in [-0.15, -0.1) is 0 Å². The van der Waals surface area contributed by atoms with Crippen LogP contribution in [0.15, 0.2) is 85.1 Å². The van der Waals surface area contributed by atoms with Gasteiger partial charge >= 0.3 is 12.3 Å². The van der Waals surface area contributed by atoms with E-state index in [2.05, 4.69) is 38.5 Å². The van der Waals surface area contributed by atoms with E-state index in [1.165, 1.54) is 7.11 Å². The Labute approximate surface area is 642 Å². The van der Waals surface area contributed by atoms with E-state index in [1.54, 1.807) is 73.8 Å². The Morgan fingerprint density at radius 2 is 0.883 bits per heavy atom. The summed E-state index contributed by atoms with van der Waals surface area (Å²) in [4.78, 5) is 172. The SMILES string of the molecule is C=C(COC)OCCNC(=O)CCCC(=O)Nc1ccc2c(c1)C(COC(=O)ON1C(=O)CCC1=O)c1cccc(C(=O)CCCOCCCCO)c1-2.COCCCOCCNC(=O)CCCC(=O)Nc1ccc2c(c1)C(OC(=O)ON1C(=O)CCC1=O)c1cc(NC(=O)CCCC(=O)NCCOCCCCO)ccc1-2. The van der Waals surface area contributed by atoms with Gasteiger partial charge in [0.2, 0.25) is 35.4 Å². The van der Waals surface area contributed by atoms with E-state index in [9.17, 15) is 62.3 Å². The summed E-state index contributed by atoms with van der Waals surface area (Å²) in [6, 6.07) is 20.7. The number of hydrogen-bond donors (Lipinski definition) is 8. The van der Waals surface area contributed by atoms with Gasteiger partial charge in [0.1, 0.15) is 25.6 Å². The van der Waals surface area contributed by atoms with Gasteiger partial charge in [-0.25, -0.2) is 9.59 Å². The van der Waals surface area contributed by atoms with Crippen molar-refractivity contribution in [1.29, 1.82) is 0 Å². The van der Waals surface area contributed by atoms with Gasteiger partial charge in [0, 0.05) is 184 Å². The molecular formula is C78H100N8O25. The summed E-state index contributed by atoms with van der Waals surface area (Å²) in [5.41, 5.74) is 6.80. The van der Waals surface area contributed by atoms with Crippen LogP contribution in [0.4, 0.5) is 26.7 Å². The fourth-order valence-electron chi connectivity index (χ4n) is 12.1. The fraction of sp³-hybridized carbons (Fsp3) is 0.500. The molecule has 0 radical (unpaired) electrons. The van der Waals surface area contributed by atoms with Gasteiger partial charge in [0.15, 0.2) is 11.9 Å². The van der Waals surface area contributed by atoms with E-state index in [4.69, 9.17) is 57.8 Å². The molecule has 33 heteroatoms. The minimum atomic E-state index is -1.31. The Bertz CT molecular complexity index is 3770. The normalized spacial score (nSPS) is 14.2. The number of anilines is 3. The Morgan fingerprint density at radius 1 is 0.441 bits per heavy atom. The number of aliphatic hydroxyl groups excluding tert-OH is 2. The van der Waals surface area contributed by atoms with Crippen molar-refractivity contribution in [3.63, 3.8) is 0 Å². The van der Waals surface area contributed by atoms with Crippen LogP contribution in [0, 0.1) is 0 Å². The third-order valence-electron chi connectivity index (χ3n) is 17.5. The first kappa shape index (κ1) is 87.7. The molecule has 8 rings (SSSR count). The summed E-state index contributed by atoms with van der Waals surface area (Å²) < 4.78 is 42.7. The highest BCUT2D eigenvalue weighted by Gasteiger charge is 2.39. The minimum Gasteiger partial charge on any atom is -0.494 e. The van der Waals surface area contributed by atoms with Gasteiger partial charge in [-0.3, -0.25) is 62.4 Å². The van der Waals surface area contributed by atoms with Gasteiger partial charge in [0.25, 0.3) is 23.6 Å². The van der Waals surface area contributed by atoms with E-state index >= 15 is 0 Å². The molecule has 4 aliphatic rings. The molecule has 0 bridgehead atoms. The van der Waals surface area contributed by atoms with Crippen molar-refractivity contribution in [2.24, 2.45) is 0 Å². The van der Waals surface area contributed by atoms with Crippen molar-refractivity contribution < 1.29 is 120 Å². The van der Waals surface area contributed by atoms with Crippen LogP contribution in [0.5, 0.6) is 0 Å². The molecule has 0 spiro atoms. The second-order valence-corrected chi connectivity index (χ2v) is 26.0. The molecule has 8 N–H and O–H groups in total. The molecular weight excluding hydrogens is 1450 g/mol. The lowest BCUT2D eigenvalue weighted by atomic mass is 9.93. The molecule has 0 aromatic heterocycles. The maximum atomic E-state index is 13.5. The van der Waals surface area contributed by atoms with Crippen molar-refractivity contribution in [2.45, 2.75) is 140 Å². The number of fused-ring (bicyclic) bond motifs is 6. The van der Waals surface area contributed by atoms with Crippen LogP contribution < -0.4 is 31.9 Å². The van der Waals surface area contributed by atoms with Gasteiger partial charge in [-0.1, -0.05) is 53.1 Å². The third-order valence-corrected chi connectivity index (χ3v) is 17.5. The first-order valence-corrected chi connectivity index (χ1v) is 37.2. The van der Waals surface area contributed by atoms with Crippen molar-refractivity contribution >= 4 is 94.2 Å². The number of nitrogens with one attached hydrogen (secondary N) is 6. The fourth-order valence-corrected chi connectivity index (χ4v) is 12.1. The zero-order chi connectivity index (χ0) is 79.9. The second kappa shape index (κ2) is 47.5. The summed E-state index contributed by atoms with van der Waals surface area (Å²) >= 11 is 0. The molecule has 4 aromatic carbocycles. The molecule has 2 atom stereocenters. The predicted molar refractivity (Wildman–Crippen MR) is 398 cm³/mol. The summed E-state index contributed by atoms with van der Waals surface area (Å²) in [6.45, 7) is 8.42. The van der Waals surface area contributed by atoms with Crippen LogP contribution in [0.3, 0.4) is 0 Å². The van der Waals surface area contributed by atoms with Crippen LogP contribution in [0.25, 0.3) is 22.3 Å². The van der Waals surface area contributed by atoms with E-state index in [1.807, 2.05) is 6.07 Å². The number of carbonyl (C=O) groups is 13. The number of imide groups is 2. The highest BCUT2D eigenvalue weighted by atomic mass is 16.8. The first-order valence-electron chi connectivity index (χ1n) is 37.2. The first-order chi connectivity index (χ1) is 53.7. The van der Waals surface area contributed by atoms with Gasteiger partial charge in [-0.05, 0) is 128 Å². The maximum absolute atomic E-state index is 13.5. The van der Waals surface area contributed by atoms with E-state index in [-0.39, 0.29) is 151 Å². The zero-order valence-corrected chi connectivity index (χ0v) is 62.7. The predicted octanol–water partition coefficient (Wildman–Crippen LogP) is 7.44. The molecule has 2 unspecified atom stereocenters. The largest absolute Gasteiger partial charge is 0.534 e. The molecule has 2 saturated heterocycles. The van der Waals surface area contributed by atoms with Gasteiger partial charge in [0.05, 0.1) is 19.8 Å². The summed E-state index contributed by atoms with van der Waals surface area (Å²) in [6.07, 6.45) is 1.85. The summed E-state index contributed by atoms with van der Waals surface area (Å²) in [5.74, 6) is -4.47. The number of hydroxylamine groups is 4. The van der Waals surface area contributed by atoms with Crippen molar-refractivity contribution in [3.8, 4) is 22.3 Å². The Kier molecular flexibility index (Phi) is 37.5. The monoisotopic (exact) mass is 1550 g/mol. The molecule has 2 heterocycles. The summed E-state index contributed by atoms with van der Waals surface area (Å²) in [5, 5.41) is 35.2.